The summed E-state index contributed by atoms with van der Waals surface area (Å²) in [5, 5.41) is 0. The maximum Gasteiger partial charge on any atom is 4.00 e. The molecule has 0 amide bonds. The normalized spacial score (nSPS) is 7.58. The Bertz CT molecular complexity index is 296. The van der Waals surface area contributed by atoms with E-state index >= 15 is 0 Å². The summed E-state index contributed by atoms with van der Waals surface area (Å²) in [6, 6.07) is 37.5. The van der Waals surface area contributed by atoms with E-state index in [1.807, 2.05) is 91.0 Å². The van der Waals surface area contributed by atoms with Crippen molar-refractivity contribution in [3.8, 4) is 0 Å². The van der Waals surface area contributed by atoms with Gasteiger partial charge in [0, 0.05) is 0 Å². The summed E-state index contributed by atoms with van der Waals surface area (Å²) < 4.78 is 0. The van der Waals surface area contributed by atoms with Crippen molar-refractivity contribution in [3.63, 3.8) is 0 Å². The fraction of sp³-hybridized carbons (Fsp3) is 0. The van der Waals surface area contributed by atoms with E-state index in [4.69, 9.17) is 0 Å². The fourth-order valence-electron chi connectivity index (χ4n) is 1.03. The maximum atomic E-state index is 2.89. The van der Waals surface area contributed by atoms with E-state index in [0.717, 1.165) is 0 Å². The second-order valence-corrected chi connectivity index (χ2v) is 3.23. The molecule has 0 fully saturated rings. The van der Waals surface area contributed by atoms with Crippen LogP contribution in [-0.4, -0.2) is 0 Å². The Morgan fingerprint density at radius 2 is 0.526 bits per heavy atom. The van der Waals surface area contributed by atoms with Gasteiger partial charge < -0.3 is 0 Å². The minimum atomic E-state index is 0. The first-order valence-electron chi connectivity index (χ1n) is 5.73. The van der Waals surface area contributed by atoms with Crippen LogP contribution in [0.1, 0.15) is 0 Å². The molecule has 90 valence electrons. The zero-order valence-electron chi connectivity index (χ0n) is 10.7. The van der Waals surface area contributed by atoms with Crippen molar-refractivity contribution in [3.05, 3.63) is 109 Å². The van der Waals surface area contributed by atoms with E-state index in [1.165, 1.54) is 0 Å². The molecule has 0 bridgehead atoms. The van der Waals surface area contributed by atoms with Gasteiger partial charge >= 0.3 is 31.1 Å². The third-order valence-electron chi connectivity index (χ3n) is 1.82. The molecule has 0 atom stereocenters. The number of hydrogen-bond acceptors (Lipinski definition) is 0. The van der Waals surface area contributed by atoms with Crippen LogP contribution >= 0.6 is 0 Å². The molecule has 0 heterocycles. The van der Waals surface area contributed by atoms with Crippen molar-refractivity contribution in [2.24, 2.45) is 0 Å². The van der Waals surface area contributed by atoms with Gasteiger partial charge in [-0.25, -0.2) is 0 Å². The molecule has 19 heavy (non-hydrogen) atoms. The second kappa shape index (κ2) is 14.8. The average Bonchev–Trinajstić information content (AvgIpc) is 2.54. The van der Waals surface area contributed by atoms with Crippen LogP contribution in [0.4, 0.5) is 0 Å². The van der Waals surface area contributed by atoms with Gasteiger partial charge in [-0.15, -0.1) is 0 Å². The zero-order valence-corrected chi connectivity index (χ0v) is 14.8. The van der Waals surface area contributed by atoms with Crippen LogP contribution in [0, 0.1) is 49.3 Å². The predicted octanol–water partition coefficient (Wildman–Crippen LogP) is 4.46. The summed E-state index contributed by atoms with van der Waals surface area (Å²) in [5.41, 5.74) is 0. The van der Waals surface area contributed by atoms with Crippen LogP contribution in [0.2, 0.25) is 0 Å². The molecule has 0 N–H and O–H groups in total. The summed E-state index contributed by atoms with van der Waals surface area (Å²) in [4.78, 5) is 0. The molecule has 0 spiro atoms. The summed E-state index contributed by atoms with van der Waals surface area (Å²) >= 11 is 0. The molecule has 1 heteroatoms. The van der Waals surface area contributed by atoms with Gasteiger partial charge in [0.15, 0.2) is 0 Å². The molecule has 0 aromatic heterocycles. The number of benzene rings is 3. The predicted molar refractivity (Wildman–Crippen MR) is 75.8 cm³/mol. The van der Waals surface area contributed by atoms with Gasteiger partial charge in [-0.2, -0.15) is 109 Å². The molecule has 0 unspecified atom stereocenters. The summed E-state index contributed by atoms with van der Waals surface area (Å²) in [5.74, 6) is 0. The Balaban J connectivity index is 0.000000249. The first-order chi connectivity index (χ1) is 9.00. The molecule has 3 aromatic carbocycles. The average molecular weight is 469 g/mol. The van der Waals surface area contributed by atoms with Crippen LogP contribution in [0.5, 0.6) is 0 Å². The molecule has 0 saturated carbocycles. The van der Waals surface area contributed by atoms with Crippen molar-refractivity contribution >= 4 is 0 Å². The Labute approximate surface area is 139 Å². The van der Waals surface area contributed by atoms with E-state index in [0.29, 0.717) is 0 Å². The van der Waals surface area contributed by atoms with E-state index in [-0.39, 0.29) is 31.1 Å². The first kappa shape index (κ1) is 17.7. The van der Waals surface area contributed by atoms with Gasteiger partial charge in [0.25, 0.3) is 0 Å². The third-order valence-corrected chi connectivity index (χ3v) is 1.82. The van der Waals surface area contributed by atoms with Crippen molar-refractivity contribution in [2.45, 2.75) is 0 Å². The second-order valence-electron chi connectivity index (χ2n) is 3.23. The molecular formula is C18H15U+. The molecule has 0 saturated heterocycles. The summed E-state index contributed by atoms with van der Waals surface area (Å²) in [7, 11) is 0. The van der Waals surface area contributed by atoms with Crippen LogP contribution in [0.25, 0.3) is 0 Å². The van der Waals surface area contributed by atoms with Crippen LogP contribution in [0.15, 0.2) is 91.0 Å². The Morgan fingerprint density at radius 3 is 0.579 bits per heavy atom. The smallest absolute Gasteiger partial charge is 0.184 e. The largest absolute Gasteiger partial charge is 4.00 e. The van der Waals surface area contributed by atoms with E-state index in [1.54, 1.807) is 0 Å². The molecule has 3 rings (SSSR count). The maximum absolute atomic E-state index is 2.89. The van der Waals surface area contributed by atoms with Crippen LogP contribution in [-0.2, 0) is 0 Å². The van der Waals surface area contributed by atoms with Gasteiger partial charge in [-0.1, -0.05) is 0 Å². The van der Waals surface area contributed by atoms with Crippen LogP contribution in [0.3, 0.4) is 0 Å². The Morgan fingerprint density at radius 1 is 0.316 bits per heavy atom. The molecule has 0 aliphatic rings. The van der Waals surface area contributed by atoms with Crippen LogP contribution < -0.4 is 0 Å². The zero-order chi connectivity index (χ0) is 12.7. The standard InChI is InChI=1S/3C6H5.U/c3*1-2-4-6-5-3-1;/h3*1-5H;/q3*-1;+4. The molecule has 0 radical (unpaired) electrons. The first-order valence-corrected chi connectivity index (χ1v) is 5.73. The Hall–Kier alpha value is -1.29. The molecular weight excluding hydrogens is 454 g/mol. The fourth-order valence-corrected chi connectivity index (χ4v) is 1.03. The van der Waals surface area contributed by atoms with E-state index < -0.39 is 0 Å². The monoisotopic (exact) mass is 469 g/mol. The van der Waals surface area contributed by atoms with Crippen molar-refractivity contribution in [1.29, 1.82) is 0 Å². The van der Waals surface area contributed by atoms with E-state index in [2.05, 4.69) is 18.2 Å². The van der Waals surface area contributed by atoms with Gasteiger partial charge in [0.2, 0.25) is 0 Å². The molecule has 0 nitrogen and oxygen atoms in total. The van der Waals surface area contributed by atoms with Gasteiger partial charge in [0.05, 0.1) is 0 Å². The molecule has 0 aliphatic heterocycles. The molecule has 3 aromatic rings. The minimum absolute atomic E-state index is 0. The number of hydrogen-bond donors (Lipinski definition) is 0. The molecule has 0 aliphatic carbocycles. The topological polar surface area (TPSA) is 0 Å². The third kappa shape index (κ3) is 13.0. The van der Waals surface area contributed by atoms with Crippen molar-refractivity contribution in [2.75, 3.05) is 0 Å². The van der Waals surface area contributed by atoms with E-state index in [9.17, 15) is 0 Å². The van der Waals surface area contributed by atoms with Crippen molar-refractivity contribution in [1.82, 2.24) is 0 Å². The summed E-state index contributed by atoms with van der Waals surface area (Å²) in [6.45, 7) is 0. The SMILES string of the molecule is [U+4].[c-]1ccccc1.[c-]1ccccc1.[c-]1ccccc1. The quantitative estimate of drug-likeness (QED) is 0.427. The Kier molecular flexibility index (Phi) is 13.8. The van der Waals surface area contributed by atoms with Gasteiger partial charge in [0.1, 0.15) is 0 Å². The number of rotatable bonds is 0. The van der Waals surface area contributed by atoms with Crippen molar-refractivity contribution < 1.29 is 31.1 Å². The summed E-state index contributed by atoms with van der Waals surface area (Å²) in [6.07, 6.45) is 0. The minimum Gasteiger partial charge on any atom is -0.184 e. The van der Waals surface area contributed by atoms with Gasteiger partial charge in [-0.05, 0) is 0 Å². The van der Waals surface area contributed by atoms with Gasteiger partial charge in [-0.3, -0.25) is 0 Å².